The summed E-state index contributed by atoms with van der Waals surface area (Å²) in [5.41, 5.74) is 6.62. The Balaban J connectivity index is 1.74. The molecular formula is C18H15ClN4O4S. The van der Waals surface area contributed by atoms with E-state index in [4.69, 9.17) is 17.3 Å². The van der Waals surface area contributed by atoms with Crippen LogP contribution in [0.25, 0.3) is 10.9 Å². The molecule has 1 aromatic carbocycles. The highest BCUT2D eigenvalue weighted by Crippen LogP contribution is 2.44. The fraction of sp³-hybridized carbons (Fsp3) is 0.222. The van der Waals surface area contributed by atoms with Gasteiger partial charge in [0.15, 0.2) is 0 Å². The summed E-state index contributed by atoms with van der Waals surface area (Å²) in [4.78, 5) is 43.8. The summed E-state index contributed by atoms with van der Waals surface area (Å²) in [6.45, 7) is -0.283. The van der Waals surface area contributed by atoms with Gasteiger partial charge < -0.3 is 10.8 Å². The summed E-state index contributed by atoms with van der Waals surface area (Å²) in [7, 11) is 0. The average molecular weight is 419 g/mol. The van der Waals surface area contributed by atoms with Gasteiger partial charge in [0.2, 0.25) is 5.91 Å². The van der Waals surface area contributed by atoms with Crippen LogP contribution in [0.15, 0.2) is 47.3 Å². The smallest absolute Gasteiger partial charge is 0.353 e. The van der Waals surface area contributed by atoms with E-state index in [1.165, 1.54) is 16.7 Å². The number of benzene rings is 1. The van der Waals surface area contributed by atoms with E-state index in [0.29, 0.717) is 5.69 Å². The van der Waals surface area contributed by atoms with Gasteiger partial charge in [-0.05, 0) is 24.3 Å². The minimum absolute atomic E-state index is 0.106. The number of rotatable bonds is 4. The minimum Gasteiger partial charge on any atom is -0.477 e. The van der Waals surface area contributed by atoms with Gasteiger partial charge in [-0.1, -0.05) is 17.7 Å². The molecule has 2 atom stereocenters. The molecule has 4 rings (SSSR count). The van der Waals surface area contributed by atoms with Crippen LogP contribution in [0.2, 0.25) is 0 Å². The number of halogens is 1. The molecule has 1 saturated heterocycles. The normalized spacial score (nSPS) is 21.4. The fourth-order valence-electron chi connectivity index (χ4n) is 3.44. The molecule has 2 aliphatic heterocycles. The molecule has 0 bridgehead atoms. The van der Waals surface area contributed by atoms with Crippen molar-refractivity contribution in [1.29, 1.82) is 0 Å². The minimum atomic E-state index is -1.27. The monoisotopic (exact) mass is 418 g/mol. The standard InChI is InChI=1S/C18H15ClN4O4S/c19-11-8-28-17-15(16(25)23(17)14(11)18(26)27)22(13(24)7-20)10-3-4-12-9(6-10)2-1-5-21-12/h1-6,15,17H,7-8,20H2,(H,26,27). The number of thioether (sulfide) groups is 1. The highest BCUT2D eigenvalue weighted by atomic mass is 35.5. The Morgan fingerprint density at radius 3 is 2.89 bits per heavy atom. The largest absolute Gasteiger partial charge is 0.477 e. The van der Waals surface area contributed by atoms with Crippen LogP contribution >= 0.6 is 23.4 Å². The first-order valence-corrected chi connectivity index (χ1v) is 9.80. The molecule has 2 aromatic rings. The Morgan fingerprint density at radius 2 is 2.18 bits per heavy atom. The molecule has 0 radical (unpaired) electrons. The number of nitrogens with two attached hydrogens (primary N) is 1. The topological polar surface area (TPSA) is 117 Å². The van der Waals surface area contributed by atoms with Crippen molar-refractivity contribution in [3.63, 3.8) is 0 Å². The van der Waals surface area contributed by atoms with E-state index in [9.17, 15) is 19.5 Å². The number of aliphatic carboxylic acids is 1. The van der Waals surface area contributed by atoms with Gasteiger partial charge in [0.25, 0.3) is 5.91 Å². The molecular weight excluding hydrogens is 404 g/mol. The number of aromatic nitrogens is 1. The van der Waals surface area contributed by atoms with E-state index in [1.54, 1.807) is 30.5 Å². The number of carbonyl (C=O) groups is 3. The zero-order valence-corrected chi connectivity index (χ0v) is 16.0. The maximum Gasteiger partial charge on any atom is 0.353 e. The zero-order chi connectivity index (χ0) is 20.0. The number of hydrogen-bond acceptors (Lipinski definition) is 6. The maximum absolute atomic E-state index is 12.9. The van der Waals surface area contributed by atoms with E-state index >= 15 is 0 Å². The molecule has 3 heterocycles. The summed E-state index contributed by atoms with van der Waals surface area (Å²) in [6, 6.07) is 8.00. The highest BCUT2D eigenvalue weighted by Gasteiger charge is 2.57. The van der Waals surface area contributed by atoms with Crippen molar-refractivity contribution in [2.75, 3.05) is 17.2 Å². The predicted molar refractivity (Wildman–Crippen MR) is 106 cm³/mol. The van der Waals surface area contributed by atoms with Crippen LogP contribution < -0.4 is 10.6 Å². The molecule has 0 spiro atoms. The quantitative estimate of drug-likeness (QED) is 0.719. The van der Waals surface area contributed by atoms with Gasteiger partial charge >= 0.3 is 5.97 Å². The van der Waals surface area contributed by atoms with Gasteiger partial charge in [-0.2, -0.15) is 0 Å². The number of carboxylic acids is 1. The first-order valence-electron chi connectivity index (χ1n) is 8.37. The van der Waals surface area contributed by atoms with Gasteiger partial charge in [0.1, 0.15) is 17.1 Å². The highest BCUT2D eigenvalue weighted by molar-refractivity contribution is 8.00. The number of pyridine rings is 1. The van der Waals surface area contributed by atoms with Crippen molar-refractivity contribution < 1.29 is 19.5 Å². The molecule has 2 unspecified atom stereocenters. The van der Waals surface area contributed by atoms with E-state index in [0.717, 1.165) is 15.8 Å². The van der Waals surface area contributed by atoms with Crippen molar-refractivity contribution in [2.45, 2.75) is 11.4 Å². The average Bonchev–Trinajstić information content (AvgIpc) is 2.70. The van der Waals surface area contributed by atoms with Crippen molar-refractivity contribution in [3.8, 4) is 0 Å². The summed E-state index contributed by atoms with van der Waals surface area (Å²) < 4.78 is 0. The van der Waals surface area contributed by atoms with Crippen LogP contribution in [0.4, 0.5) is 5.69 Å². The van der Waals surface area contributed by atoms with Crippen LogP contribution in [0.5, 0.6) is 0 Å². The number of fused-ring (bicyclic) bond motifs is 2. The van der Waals surface area contributed by atoms with Gasteiger partial charge in [0.05, 0.1) is 17.1 Å². The summed E-state index contributed by atoms with van der Waals surface area (Å²) >= 11 is 7.33. The van der Waals surface area contributed by atoms with E-state index < -0.39 is 29.2 Å². The fourth-order valence-corrected chi connectivity index (χ4v) is 5.03. The van der Waals surface area contributed by atoms with Crippen LogP contribution in [0.3, 0.4) is 0 Å². The van der Waals surface area contributed by atoms with Crippen LogP contribution in [0, 0.1) is 0 Å². The lowest BCUT2D eigenvalue weighted by Gasteiger charge is -2.52. The molecule has 144 valence electrons. The van der Waals surface area contributed by atoms with Crippen molar-refractivity contribution in [3.05, 3.63) is 47.3 Å². The first kappa shape index (κ1) is 18.7. The number of anilines is 1. The molecule has 1 aromatic heterocycles. The summed E-state index contributed by atoms with van der Waals surface area (Å²) in [6.07, 6.45) is 1.67. The van der Waals surface area contributed by atoms with Crippen molar-refractivity contribution in [2.24, 2.45) is 5.73 Å². The third-order valence-corrected chi connectivity index (χ3v) is 6.42. The number of carbonyl (C=O) groups excluding carboxylic acids is 2. The predicted octanol–water partition coefficient (Wildman–Crippen LogP) is 1.35. The Kier molecular flexibility index (Phi) is 4.74. The van der Waals surface area contributed by atoms with Crippen molar-refractivity contribution >= 4 is 57.7 Å². The summed E-state index contributed by atoms with van der Waals surface area (Å²) in [5.74, 6) is -1.95. The molecule has 0 saturated carbocycles. The molecule has 2 aliphatic rings. The summed E-state index contributed by atoms with van der Waals surface area (Å²) in [5, 5.41) is 9.79. The second-order valence-electron chi connectivity index (χ2n) is 6.26. The number of amides is 2. The molecule has 0 aliphatic carbocycles. The van der Waals surface area contributed by atoms with E-state index in [-0.39, 0.29) is 23.0 Å². The first-order chi connectivity index (χ1) is 13.4. The molecule has 3 N–H and O–H groups in total. The lowest BCUT2D eigenvalue weighted by molar-refractivity contribution is -0.148. The Bertz CT molecular complexity index is 1040. The number of nitrogens with zero attached hydrogens (tertiary/aromatic N) is 3. The second-order valence-corrected chi connectivity index (χ2v) is 7.82. The zero-order valence-electron chi connectivity index (χ0n) is 14.4. The SMILES string of the molecule is NCC(=O)N(c1ccc2ncccc2c1)C1C(=O)N2C(C(=O)O)=C(Cl)CSC12. The third kappa shape index (κ3) is 2.83. The van der Waals surface area contributed by atoms with E-state index in [2.05, 4.69) is 4.98 Å². The molecule has 2 amide bonds. The van der Waals surface area contributed by atoms with Crippen LogP contribution in [-0.4, -0.2) is 56.5 Å². The maximum atomic E-state index is 12.9. The molecule has 1 fully saturated rings. The lowest BCUT2D eigenvalue weighted by atomic mass is 10.0. The Morgan fingerprint density at radius 1 is 1.39 bits per heavy atom. The Labute approximate surface area is 168 Å². The van der Waals surface area contributed by atoms with Crippen molar-refractivity contribution in [1.82, 2.24) is 9.88 Å². The second kappa shape index (κ2) is 7.08. The van der Waals surface area contributed by atoms with Gasteiger partial charge in [-0.15, -0.1) is 11.8 Å². The molecule has 8 nitrogen and oxygen atoms in total. The number of β-lactam (4-membered cyclic amide) rings is 1. The number of hydrogen-bond donors (Lipinski definition) is 2. The van der Waals surface area contributed by atoms with Gasteiger partial charge in [-0.3, -0.25) is 24.4 Å². The van der Waals surface area contributed by atoms with Gasteiger partial charge in [0, 0.05) is 23.0 Å². The lowest BCUT2D eigenvalue weighted by Crippen LogP contribution is -2.72. The van der Waals surface area contributed by atoms with E-state index in [1.807, 2.05) is 6.07 Å². The van der Waals surface area contributed by atoms with Crippen LogP contribution in [-0.2, 0) is 14.4 Å². The Hall–Kier alpha value is -2.62. The number of carboxylic acid groups (broad SMARTS) is 1. The third-order valence-electron chi connectivity index (χ3n) is 4.68. The van der Waals surface area contributed by atoms with Gasteiger partial charge in [-0.25, -0.2) is 4.79 Å². The molecule has 10 heteroatoms. The van der Waals surface area contributed by atoms with Crippen LogP contribution in [0.1, 0.15) is 0 Å². The molecule has 28 heavy (non-hydrogen) atoms.